The maximum absolute atomic E-state index is 4.13. The first-order valence-corrected chi connectivity index (χ1v) is 5.03. The van der Waals surface area contributed by atoms with Crippen LogP contribution in [0.3, 0.4) is 0 Å². The molecular formula is C10H15N5. The molecule has 2 aromatic rings. The second-order valence-electron chi connectivity index (χ2n) is 4.10. The zero-order valence-corrected chi connectivity index (χ0v) is 9.25. The first-order chi connectivity index (χ1) is 7.16. The van der Waals surface area contributed by atoms with Gasteiger partial charge in [-0.15, -0.1) is 10.2 Å². The van der Waals surface area contributed by atoms with Crippen molar-refractivity contribution >= 4 is 0 Å². The third kappa shape index (κ3) is 2.06. The Morgan fingerprint density at radius 2 is 2.20 bits per heavy atom. The van der Waals surface area contributed by atoms with Gasteiger partial charge in [0.1, 0.15) is 6.33 Å². The first kappa shape index (κ1) is 9.89. The molecule has 2 aromatic heterocycles. The summed E-state index contributed by atoms with van der Waals surface area (Å²) in [6.07, 6.45) is 5.52. The van der Waals surface area contributed by atoms with E-state index in [1.165, 1.54) is 0 Å². The van der Waals surface area contributed by atoms with E-state index in [0.717, 1.165) is 17.9 Å². The minimum absolute atomic E-state index is 0.580. The van der Waals surface area contributed by atoms with Gasteiger partial charge in [-0.1, -0.05) is 13.8 Å². The SMILES string of the molecule is CC(C)Cn1cnnc1-c1cnn(C)c1. The molecule has 0 atom stereocenters. The van der Waals surface area contributed by atoms with Crippen LogP contribution in [0, 0.1) is 5.92 Å². The summed E-state index contributed by atoms with van der Waals surface area (Å²) in [5.74, 6) is 1.47. The van der Waals surface area contributed by atoms with E-state index < -0.39 is 0 Å². The summed E-state index contributed by atoms with van der Waals surface area (Å²) in [5, 5.41) is 12.2. The lowest BCUT2D eigenvalue weighted by atomic mass is 10.2. The monoisotopic (exact) mass is 205 g/mol. The van der Waals surface area contributed by atoms with Crippen molar-refractivity contribution in [2.24, 2.45) is 13.0 Å². The van der Waals surface area contributed by atoms with E-state index in [1.54, 1.807) is 17.2 Å². The summed E-state index contributed by atoms with van der Waals surface area (Å²) in [6.45, 7) is 5.28. The second kappa shape index (κ2) is 3.84. The first-order valence-electron chi connectivity index (χ1n) is 5.03. The highest BCUT2D eigenvalue weighted by molar-refractivity contribution is 5.51. The van der Waals surface area contributed by atoms with Gasteiger partial charge in [-0.25, -0.2) is 0 Å². The Balaban J connectivity index is 2.32. The van der Waals surface area contributed by atoms with Crippen molar-refractivity contribution in [1.29, 1.82) is 0 Å². The third-order valence-electron chi connectivity index (χ3n) is 2.14. The van der Waals surface area contributed by atoms with Crippen molar-refractivity contribution in [2.75, 3.05) is 0 Å². The molecule has 0 saturated heterocycles. The Hall–Kier alpha value is -1.65. The smallest absolute Gasteiger partial charge is 0.166 e. The molecule has 2 rings (SSSR count). The number of rotatable bonds is 3. The molecule has 0 amide bonds. The largest absolute Gasteiger partial charge is 0.313 e. The molecular weight excluding hydrogens is 190 g/mol. The van der Waals surface area contributed by atoms with Gasteiger partial charge in [-0.3, -0.25) is 4.68 Å². The van der Waals surface area contributed by atoms with Crippen LogP contribution in [0.4, 0.5) is 0 Å². The normalized spacial score (nSPS) is 11.2. The molecule has 0 fully saturated rings. The lowest BCUT2D eigenvalue weighted by Gasteiger charge is -2.07. The predicted molar refractivity (Wildman–Crippen MR) is 57.1 cm³/mol. The lowest BCUT2D eigenvalue weighted by molar-refractivity contribution is 0.525. The number of hydrogen-bond acceptors (Lipinski definition) is 3. The fourth-order valence-electron chi connectivity index (χ4n) is 1.54. The molecule has 15 heavy (non-hydrogen) atoms. The van der Waals surface area contributed by atoms with E-state index in [2.05, 4.69) is 33.7 Å². The summed E-state index contributed by atoms with van der Waals surface area (Å²) < 4.78 is 3.82. The van der Waals surface area contributed by atoms with Gasteiger partial charge in [0, 0.05) is 19.8 Å². The summed E-state index contributed by atoms with van der Waals surface area (Å²) in [5.41, 5.74) is 1.01. The van der Waals surface area contributed by atoms with Gasteiger partial charge in [0.2, 0.25) is 0 Å². The topological polar surface area (TPSA) is 48.5 Å². The van der Waals surface area contributed by atoms with Crippen LogP contribution in [0.25, 0.3) is 11.4 Å². The van der Waals surface area contributed by atoms with Crippen LogP contribution in [-0.4, -0.2) is 24.5 Å². The summed E-state index contributed by atoms with van der Waals surface area (Å²) in [4.78, 5) is 0. The van der Waals surface area contributed by atoms with E-state index in [4.69, 9.17) is 0 Å². The quantitative estimate of drug-likeness (QED) is 0.759. The van der Waals surface area contributed by atoms with Crippen LogP contribution < -0.4 is 0 Å². The van der Waals surface area contributed by atoms with Crippen LogP contribution in [0.1, 0.15) is 13.8 Å². The highest BCUT2D eigenvalue weighted by atomic mass is 15.3. The Bertz CT molecular complexity index is 440. The molecule has 0 aliphatic rings. The van der Waals surface area contributed by atoms with E-state index in [9.17, 15) is 0 Å². The Kier molecular flexibility index (Phi) is 2.53. The molecule has 0 aliphatic heterocycles. The summed E-state index contributed by atoms with van der Waals surface area (Å²) in [6, 6.07) is 0. The fraction of sp³-hybridized carbons (Fsp3) is 0.500. The van der Waals surface area contributed by atoms with Crippen LogP contribution >= 0.6 is 0 Å². The Morgan fingerprint density at radius 1 is 1.40 bits per heavy atom. The number of hydrogen-bond donors (Lipinski definition) is 0. The molecule has 0 unspecified atom stereocenters. The molecule has 2 heterocycles. The van der Waals surface area contributed by atoms with Gasteiger partial charge >= 0.3 is 0 Å². The average molecular weight is 205 g/mol. The van der Waals surface area contributed by atoms with Gasteiger partial charge < -0.3 is 4.57 Å². The van der Waals surface area contributed by atoms with Gasteiger partial charge in [-0.05, 0) is 5.92 Å². The van der Waals surface area contributed by atoms with Crippen molar-refractivity contribution in [3.05, 3.63) is 18.7 Å². The molecule has 5 heteroatoms. The number of nitrogens with zero attached hydrogens (tertiary/aromatic N) is 5. The molecule has 0 aliphatic carbocycles. The van der Waals surface area contributed by atoms with Crippen molar-refractivity contribution in [3.8, 4) is 11.4 Å². The lowest BCUT2D eigenvalue weighted by Crippen LogP contribution is -2.04. The molecule has 0 radical (unpaired) electrons. The molecule has 0 spiro atoms. The maximum Gasteiger partial charge on any atom is 0.166 e. The third-order valence-corrected chi connectivity index (χ3v) is 2.14. The van der Waals surface area contributed by atoms with Crippen LogP contribution in [-0.2, 0) is 13.6 Å². The molecule has 0 aromatic carbocycles. The predicted octanol–water partition coefficient (Wildman–Crippen LogP) is 1.33. The fourth-order valence-corrected chi connectivity index (χ4v) is 1.54. The van der Waals surface area contributed by atoms with E-state index in [1.807, 2.05) is 13.2 Å². The van der Waals surface area contributed by atoms with Crippen LogP contribution in [0.15, 0.2) is 18.7 Å². The van der Waals surface area contributed by atoms with Gasteiger partial charge in [0.05, 0.1) is 11.8 Å². The van der Waals surface area contributed by atoms with Crippen LogP contribution in [0.5, 0.6) is 0 Å². The summed E-state index contributed by atoms with van der Waals surface area (Å²) >= 11 is 0. The van der Waals surface area contributed by atoms with E-state index in [0.29, 0.717) is 5.92 Å². The van der Waals surface area contributed by atoms with E-state index >= 15 is 0 Å². The highest BCUT2D eigenvalue weighted by Crippen LogP contribution is 2.16. The Labute approximate surface area is 88.7 Å². The maximum atomic E-state index is 4.13. The summed E-state index contributed by atoms with van der Waals surface area (Å²) in [7, 11) is 1.90. The Morgan fingerprint density at radius 3 is 2.80 bits per heavy atom. The molecule has 5 nitrogen and oxygen atoms in total. The number of aryl methyl sites for hydroxylation is 1. The van der Waals surface area contributed by atoms with Crippen molar-refractivity contribution < 1.29 is 0 Å². The van der Waals surface area contributed by atoms with Crippen LogP contribution in [0.2, 0.25) is 0 Å². The van der Waals surface area contributed by atoms with Crippen molar-refractivity contribution in [3.63, 3.8) is 0 Å². The van der Waals surface area contributed by atoms with Gasteiger partial charge in [-0.2, -0.15) is 5.10 Å². The van der Waals surface area contributed by atoms with E-state index in [-0.39, 0.29) is 0 Å². The zero-order chi connectivity index (χ0) is 10.8. The zero-order valence-electron chi connectivity index (χ0n) is 9.25. The highest BCUT2D eigenvalue weighted by Gasteiger charge is 2.09. The van der Waals surface area contributed by atoms with Crippen molar-refractivity contribution in [2.45, 2.75) is 20.4 Å². The second-order valence-corrected chi connectivity index (χ2v) is 4.10. The van der Waals surface area contributed by atoms with Gasteiger partial charge in [0.25, 0.3) is 0 Å². The molecule has 0 saturated carbocycles. The molecule has 80 valence electrons. The average Bonchev–Trinajstić information content (AvgIpc) is 2.72. The van der Waals surface area contributed by atoms with Crippen molar-refractivity contribution in [1.82, 2.24) is 24.5 Å². The molecule has 0 N–H and O–H groups in total. The molecule has 0 bridgehead atoms. The number of aromatic nitrogens is 5. The minimum Gasteiger partial charge on any atom is -0.313 e. The minimum atomic E-state index is 0.580. The standard InChI is InChI=1S/C10H15N5/c1-8(2)5-15-7-11-13-10(15)9-4-12-14(3)6-9/h4,6-8H,5H2,1-3H3. The van der Waals surface area contributed by atoms with Gasteiger partial charge in [0.15, 0.2) is 5.82 Å².